The maximum Gasteiger partial charge on any atom is 0.0611 e. The molecule has 2 N–H and O–H groups in total. The SMILES string of the molecule is CCN(C(C)CN(C)C)C(C)CC(C)(CO)NC1CC1. The Kier molecular flexibility index (Phi) is 6.92. The predicted octanol–water partition coefficient (Wildman–Crippen LogP) is 1.54. The average Bonchev–Trinajstić information content (AvgIpc) is 3.12. The van der Waals surface area contributed by atoms with Gasteiger partial charge < -0.3 is 15.3 Å². The third-order valence-corrected chi connectivity index (χ3v) is 4.35. The summed E-state index contributed by atoms with van der Waals surface area (Å²) < 4.78 is 0. The Balaban J connectivity index is 2.57. The Bertz CT molecular complexity index is 281. The second kappa shape index (κ2) is 7.74. The third kappa shape index (κ3) is 5.68. The zero-order valence-corrected chi connectivity index (χ0v) is 14.3. The summed E-state index contributed by atoms with van der Waals surface area (Å²) in [5.74, 6) is 0. The van der Waals surface area contributed by atoms with Crippen LogP contribution < -0.4 is 5.32 Å². The van der Waals surface area contributed by atoms with Gasteiger partial charge in [-0.1, -0.05) is 6.92 Å². The molecule has 0 saturated heterocycles. The van der Waals surface area contributed by atoms with Gasteiger partial charge in [0.25, 0.3) is 0 Å². The van der Waals surface area contributed by atoms with Gasteiger partial charge in [0.1, 0.15) is 0 Å². The minimum atomic E-state index is -0.147. The van der Waals surface area contributed by atoms with E-state index in [0.717, 1.165) is 19.5 Å². The molecule has 1 aliphatic rings. The molecule has 0 radical (unpaired) electrons. The summed E-state index contributed by atoms with van der Waals surface area (Å²) in [6.45, 7) is 11.3. The van der Waals surface area contributed by atoms with Gasteiger partial charge >= 0.3 is 0 Å². The highest BCUT2D eigenvalue weighted by Gasteiger charge is 2.34. The van der Waals surface area contributed by atoms with Crippen LogP contribution in [0.2, 0.25) is 0 Å². The lowest BCUT2D eigenvalue weighted by Gasteiger charge is -2.40. The van der Waals surface area contributed by atoms with Gasteiger partial charge in [-0.15, -0.1) is 0 Å². The van der Waals surface area contributed by atoms with Gasteiger partial charge in [-0.2, -0.15) is 0 Å². The van der Waals surface area contributed by atoms with E-state index in [-0.39, 0.29) is 12.1 Å². The fraction of sp³-hybridized carbons (Fsp3) is 1.00. The molecule has 1 saturated carbocycles. The van der Waals surface area contributed by atoms with Crippen LogP contribution in [0, 0.1) is 0 Å². The lowest BCUT2D eigenvalue weighted by Crippen LogP contribution is -2.53. The van der Waals surface area contributed by atoms with Crippen molar-refractivity contribution in [2.45, 2.75) is 70.6 Å². The molecule has 3 unspecified atom stereocenters. The largest absolute Gasteiger partial charge is 0.394 e. The first-order valence-corrected chi connectivity index (χ1v) is 8.10. The second-order valence-electron chi connectivity index (χ2n) is 7.13. The molecule has 0 aromatic rings. The normalized spacial score (nSPS) is 22.1. The third-order valence-electron chi connectivity index (χ3n) is 4.35. The van der Waals surface area contributed by atoms with Gasteiger partial charge in [0.15, 0.2) is 0 Å². The van der Waals surface area contributed by atoms with E-state index in [2.05, 4.69) is 56.9 Å². The molecule has 0 bridgehead atoms. The van der Waals surface area contributed by atoms with Crippen LogP contribution >= 0.6 is 0 Å². The molecule has 1 aliphatic carbocycles. The molecular weight excluding hydrogens is 250 g/mol. The van der Waals surface area contributed by atoms with Crippen molar-refractivity contribution >= 4 is 0 Å². The minimum absolute atomic E-state index is 0.147. The summed E-state index contributed by atoms with van der Waals surface area (Å²) >= 11 is 0. The fourth-order valence-electron chi connectivity index (χ4n) is 3.35. The molecule has 0 aromatic heterocycles. The van der Waals surface area contributed by atoms with Crippen molar-refractivity contribution in [2.75, 3.05) is 33.8 Å². The van der Waals surface area contributed by atoms with E-state index in [4.69, 9.17) is 0 Å². The quantitative estimate of drug-likeness (QED) is 0.639. The van der Waals surface area contributed by atoms with E-state index < -0.39 is 0 Å². The summed E-state index contributed by atoms with van der Waals surface area (Å²) in [4.78, 5) is 4.79. The van der Waals surface area contributed by atoms with Gasteiger partial charge in [0, 0.05) is 30.2 Å². The zero-order valence-electron chi connectivity index (χ0n) is 14.3. The minimum Gasteiger partial charge on any atom is -0.394 e. The van der Waals surface area contributed by atoms with Crippen molar-refractivity contribution in [3.05, 3.63) is 0 Å². The highest BCUT2D eigenvalue weighted by atomic mass is 16.3. The lowest BCUT2D eigenvalue weighted by molar-refractivity contribution is 0.0855. The lowest BCUT2D eigenvalue weighted by atomic mass is 9.92. The van der Waals surface area contributed by atoms with Crippen LogP contribution in [0.3, 0.4) is 0 Å². The number of rotatable bonds is 10. The number of hydrogen-bond acceptors (Lipinski definition) is 4. The van der Waals surface area contributed by atoms with Crippen LogP contribution in [-0.2, 0) is 0 Å². The van der Waals surface area contributed by atoms with Crippen LogP contribution in [0.5, 0.6) is 0 Å². The Labute approximate surface area is 125 Å². The number of likely N-dealkylation sites (N-methyl/N-ethyl adjacent to an activating group) is 2. The summed E-state index contributed by atoms with van der Waals surface area (Å²) in [6, 6.07) is 1.64. The molecule has 4 nitrogen and oxygen atoms in total. The topological polar surface area (TPSA) is 38.7 Å². The first-order valence-electron chi connectivity index (χ1n) is 8.10. The van der Waals surface area contributed by atoms with Gasteiger partial charge in [0.05, 0.1) is 6.61 Å². The standard InChI is InChI=1S/C16H35N3O/c1-7-19(14(3)11-18(5)6)13(2)10-16(4,12-20)17-15-8-9-15/h13-15,17,20H,7-12H2,1-6H3. The van der Waals surface area contributed by atoms with E-state index in [9.17, 15) is 5.11 Å². The van der Waals surface area contributed by atoms with E-state index in [1.165, 1.54) is 12.8 Å². The number of aliphatic hydroxyl groups excluding tert-OH is 1. The van der Waals surface area contributed by atoms with E-state index >= 15 is 0 Å². The molecular formula is C16H35N3O. The summed E-state index contributed by atoms with van der Waals surface area (Å²) in [6.07, 6.45) is 3.52. The molecule has 0 aromatic carbocycles. The Morgan fingerprint density at radius 2 is 1.85 bits per heavy atom. The smallest absolute Gasteiger partial charge is 0.0611 e. The van der Waals surface area contributed by atoms with Crippen molar-refractivity contribution in [1.82, 2.24) is 15.1 Å². The van der Waals surface area contributed by atoms with Gasteiger partial charge in [-0.3, -0.25) is 4.90 Å². The van der Waals surface area contributed by atoms with Crippen molar-refractivity contribution in [2.24, 2.45) is 0 Å². The Morgan fingerprint density at radius 3 is 2.25 bits per heavy atom. The highest BCUT2D eigenvalue weighted by molar-refractivity contribution is 4.95. The summed E-state index contributed by atoms with van der Waals surface area (Å²) in [7, 11) is 4.25. The molecule has 1 rings (SSSR count). The predicted molar refractivity (Wildman–Crippen MR) is 86.1 cm³/mol. The van der Waals surface area contributed by atoms with Crippen molar-refractivity contribution in [3.8, 4) is 0 Å². The molecule has 20 heavy (non-hydrogen) atoms. The number of hydrogen-bond donors (Lipinski definition) is 2. The number of nitrogens with one attached hydrogen (secondary N) is 1. The molecule has 0 spiro atoms. The van der Waals surface area contributed by atoms with Crippen molar-refractivity contribution in [3.63, 3.8) is 0 Å². The van der Waals surface area contributed by atoms with Crippen LogP contribution in [0.4, 0.5) is 0 Å². The van der Waals surface area contributed by atoms with Crippen LogP contribution in [0.25, 0.3) is 0 Å². The van der Waals surface area contributed by atoms with Crippen molar-refractivity contribution < 1.29 is 5.11 Å². The maximum absolute atomic E-state index is 9.76. The molecule has 3 atom stereocenters. The zero-order chi connectivity index (χ0) is 15.3. The maximum atomic E-state index is 9.76. The molecule has 1 fully saturated rings. The van der Waals surface area contributed by atoms with Gasteiger partial charge in [-0.25, -0.2) is 0 Å². The highest BCUT2D eigenvalue weighted by Crippen LogP contribution is 2.26. The van der Waals surface area contributed by atoms with Gasteiger partial charge in [-0.05, 0) is 60.7 Å². The first kappa shape index (κ1) is 17.9. The molecule has 120 valence electrons. The second-order valence-corrected chi connectivity index (χ2v) is 7.13. The molecule has 0 amide bonds. The number of aliphatic hydroxyl groups is 1. The van der Waals surface area contributed by atoms with Crippen LogP contribution in [0.1, 0.15) is 47.0 Å². The Hall–Kier alpha value is -0.160. The molecule has 0 heterocycles. The number of nitrogens with zero attached hydrogens (tertiary/aromatic N) is 2. The fourth-order valence-corrected chi connectivity index (χ4v) is 3.35. The van der Waals surface area contributed by atoms with Crippen LogP contribution in [-0.4, -0.2) is 72.4 Å². The monoisotopic (exact) mass is 285 g/mol. The van der Waals surface area contributed by atoms with Crippen molar-refractivity contribution in [1.29, 1.82) is 0 Å². The van der Waals surface area contributed by atoms with E-state index in [0.29, 0.717) is 18.1 Å². The Morgan fingerprint density at radius 1 is 1.25 bits per heavy atom. The van der Waals surface area contributed by atoms with Gasteiger partial charge in [0.2, 0.25) is 0 Å². The average molecular weight is 285 g/mol. The van der Waals surface area contributed by atoms with E-state index in [1.54, 1.807) is 0 Å². The molecule has 0 aliphatic heterocycles. The summed E-state index contributed by atoms with van der Waals surface area (Å²) in [5.41, 5.74) is -0.147. The summed E-state index contributed by atoms with van der Waals surface area (Å²) in [5, 5.41) is 13.4. The van der Waals surface area contributed by atoms with E-state index in [1.807, 2.05) is 0 Å². The van der Waals surface area contributed by atoms with Crippen LogP contribution in [0.15, 0.2) is 0 Å². The first-order chi connectivity index (χ1) is 9.31. The molecule has 4 heteroatoms.